The topological polar surface area (TPSA) is 17.1 Å². The molecule has 0 aliphatic heterocycles. The van der Waals surface area contributed by atoms with Gasteiger partial charge >= 0.3 is 0 Å². The Labute approximate surface area is 107 Å². The highest BCUT2D eigenvalue weighted by molar-refractivity contribution is 6.23. The molecule has 1 unspecified atom stereocenters. The summed E-state index contributed by atoms with van der Waals surface area (Å²) in [5.74, 6) is 0.476. The van der Waals surface area contributed by atoms with E-state index in [0.29, 0.717) is 6.42 Å². The molecule has 0 heterocycles. The van der Waals surface area contributed by atoms with Crippen molar-refractivity contribution in [1.29, 1.82) is 0 Å². The first-order chi connectivity index (χ1) is 8.84. The zero-order valence-corrected chi connectivity index (χ0v) is 10.0. The smallest absolute Gasteiger partial charge is 0.164 e. The maximum atomic E-state index is 12.1. The van der Waals surface area contributed by atoms with E-state index in [4.69, 9.17) is 0 Å². The van der Waals surface area contributed by atoms with E-state index in [1.807, 2.05) is 48.5 Å². The van der Waals surface area contributed by atoms with Crippen LogP contribution in [0.4, 0.5) is 0 Å². The molecule has 2 aromatic carbocycles. The quantitative estimate of drug-likeness (QED) is 0.771. The van der Waals surface area contributed by atoms with E-state index in [2.05, 4.69) is 18.2 Å². The standard InChI is InChI=1S/C17H14O/c18-17-12-15(13-7-3-1-4-8-13)11-16(17)14-9-5-2-6-10-14/h1-11,15H,12H2. The first-order valence-electron chi connectivity index (χ1n) is 6.20. The molecular weight excluding hydrogens is 220 g/mol. The Hall–Kier alpha value is -2.15. The van der Waals surface area contributed by atoms with Gasteiger partial charge in [0.2, 0.25) is 0 Å². The Morgan fingerprint density at radius 3 is 2.11 bits per heavy atom. The van der Waals surface area contributed by atoms with Crippen LogP contribution in [0.5, 0.6) is 0 Å². The maximum absolute atomic E-state index is 12.1. The zero-order valence-electron chi connectivity index (χ0n) is 10.0. The number of ketones is 1. The molecule has 2 aromatic rings. The first-order valence-corrected chi connectivity index (χ1v) is 6.20. The van der Waals surface area contributed by atoms with Crippen LogP contribution in [0.2, 0.25) is 0 Å². The van der Waals surface area contributed by atoms with Gasteiger partial charge in [-0.25, -0.2) is 0 Å². The van der Waals surface area contributed by atoms with Gasteiger partial charge < -0.3 is 0 Å². The highest BCUT2D eigenvalue weighted by atomic mass is 16.1. The van der Waals surface area contributed by atoms with Gasteiger partial charge in [-0.2, -0.15) is 0 Å². The van der Waals surface area contributed by atoms with Crippen LogP contribution in [0, 0.1) is 0 Å². The van der Waals surface area contributed by atoms with Gasteiger partial charge in [-0.1, -0.05) is 66.7 Å². The van der Waals surface area contributed by atoms with Crippen molar-refractivity contribution in [2.75, 3.05) is 0 Å². The largest absolute Gasteiger partial charge is 0.294 e. The van der Waals surface area contributed by atoms with E-state index >= 15 is 0 Å². The Morgan fingerprint density at radius 1 is 0.833 bits per heavy atom. The minimum atomic E-state index is 0.230. The summed E-state index contributed by atoms with van der Waals surface area (Å²) in [5, 5.41) is 0. The molecule has 1 aliphatic carbocycles. The molecule has 1 heteroatoms. The van der Waals surface area contributed by atoms with Gasteiger partial charge in [-0.05, 0) is 11.1 Å². The first kappa shape index (κ1) is 11.0. The summed E-state index contributed by atoms with van der Waals surface area (Å²) in [7, 11) is 0. The van der Waals surface area contributed by atoms with Crippen LogP contribution in [0.1, 0.15) is 23.5 Å². The van der Waals surface area contributed by atoms with Crippen molar-refractivity contribution in [2.24, 2.45) is 0 Å². The third-order valence-electron chi connectivity index (χ3n) is 3.39. The number of benzene rings is 2. The molecule has 0 radical (unpaired) electrons. The van der Waals surface area contributed by atoms with E-state index in [1.165, 1.54) is 5.56 Å². The fourth-order valence-electron chi connectivity index (χ4n) is 2.45. The van der Waals surface area contributed by atoms with Gasteiger partial charge in [-0.15, -0.1) is 0 Å². The molecule has 3 rings (SSSR count). The molecule has 0 saturated heterocycles. The van der Waals surface area contributed by atoms with Gasteiger partial charge in [0.25, 0.3) is 0 Å². The lowest BCUT2D eigenvalue weighted by Crippen LogP contribution is -1.97. The third kappa shape index (κ3) is 2.00. The Morgan fingerprint density at radius 2 is 1.44 bits per heavy atom. The Balaban J connectivity index is 1.95. The van der Waals surface area contributed by atoms with E-state index in [9.17, 15) is 4.79 Å². The van der Waals surface area contributed by atoms with Crippen molar-refractivity contribution in [3.63, 3.8) is 0 Å². The maximum Gasteiger partial charge on any atom is 0.164 e. The van der Waals surface area contributed by atoms with Crippen molar-refractivity contribution in [3.05, 3.63) is 77.9 Å². The molecule has 1 atom stereocenters. The van der Waals surface area contributed by atoms with Crippen molar-refractivity contribution >= 4 is 11.4 Å². The van der Waals surface area contributed by atoms with Crippen LogP contribution in [0.3, 0.4) is 0 Å². The Kier molecular flexibility index (Phi) is 2.81. The summed E-state index contributed by atoms with van der Waals surface area (Å²) in [6.45, 7) is 0. The van der Waals surface area contributed by atoms with Crippen LogP contribution in [0.25, 0.3) is 5.57 Å². The highest BCUT2D eigenvalue weighted by Crippen LogP contribution is 2.34. The number of rotatable bonds is 2. The SMILES string of the molecule is O=C1CC(c2ccccc2)C=C1c1ccccc1. The average Bonchev–Trinajstić information content (AvgIpc) is 2.83. The number of carbonyl (C=O) groups is 1. The van der Waals surface area contributed by atoms with Gasteiger partial charge in [0, 0.05) is 17.9 Å². The average molecular weight is 234 g/mol. The number of hydrogen-bond acceptors (Lipinski definition) is 1. The highest BCUT2D eigenvalue weighted by Gasteiger charge is 2.25. The monoisotopic (exact) mass is 234 g/mol. The number of Topliss-reactive ketones (excluding diaryl/α,β-unsaturated/α-hetero) is 1. The fourth-order valence-corrected chi connectivity index (χ4v) is 2.45. The lowest BCUT2D eigenvalue weighted by molar-refractivity contribution is -0.113. The van der Waals surface area contributed by atoms with Crippen molar-refractivity contribution in [3.8, 4) is 0 Å². The predicted molar refractivity (Wildman–Crippen MR) is 73.2 cm³/mol. The molecule has 1 nitrogen and oxygen atoms in total. The van der Waals surface area contributed by atoms with Crippen molar-refractivity contribution in [2.45, 2.75) is 12.3 Å². The third-order valence-corrected chi connectivity index (χ3v) is 3.39. The van der Waals surface area contributed by atoms with Gasteiger partial charge in [-0.3, -0.25) is 4.79 Å². The van der Waals surface area contributed by atoms with E-state index in [0.717, 1.165) is 11.1 Å². The molecule has 0 fully saturated rings. The molecule has 0 bridgehead atoms. The molecule has 18 heavy (non-hydrogen) atoms. The summed E-state index contributed by atoms with van der Waals surface area (Å²) in [6, 6.07) is 20.1. The van der Waals surface area contributed by atoms with Gasteiger partial charge in [0.1, 0.15) is 0 Å². The molecule has 0 N–H and O–H groups in total. The molecule has 0 amide bonds. The van der Waals surface area contributed by atoms with Crippen LogP contribution in [0.15, 0.2) is 66.7 Å². The summed E-state index contributed by atoms with van der Waals surface area (Å²) in [5.41, 5.74) is 3.11. The fraction of sp³-hybridized carbons (Fsp3) is 0.118. The van der Waals surface area contributed by atoms with Crippen LogP contribution >= 0.6 is 0 Å². The normalized spacial score (nSPS) is 18.8. The summed E-state index contributed by atoms with van der Waals surface area (Å²) >= 11 is 0. The van der Waals surface area contributed by atoms with Gasteiger partial charge in [0.15, 0.2) is 5.78 Å². The number of carbonyl (C=O) groups excluding carboxylic acids is 1. The Bertz CT molecular complexity index is 582. The summed E-state index contributed by atoms with van der Waals surface area (Å²) in [4.78, 5) is 12.1. The second-order valence-corrected chi connectivity index (χ2v) is 4.59. The van der Waals surface area contributed by atoms with Crippen LogP contribution in [-0.2, 0) is 4.79 Å². The summed E-state index contributed by atoms with van der Waals surface area (Å²) in [6.07, 6.45) is 2.70. The van der Waals surface area contributed by atoms with E-state index in [1.54, 1.807) is 0 Å². The number of hydrogen-bond donors (Lipinski definition) is 0. The second-order valence-electron chi connectivity index (χ2n) is 4.59. The van der Waals surface area contributed by atoms with Crippen molar-refractivity contribution < 1.29 is 4.79 Å². The molecule has 0 spiro atoms. The minimum absolute atomic E-state index is 0.230. The van der Waals surface area contributed by atoms with Crippen LogP contribution < -0.4 is 0 Å². The molecule has 0 aromatic heterocycles. The second kappa shape index (κ2) is 4.61. The molecule has 0 saturated carbocycles. The zero-order chi connectivity index (χ0) is 12.4. The van der Waals surface area contributed by atoms with E-state index in [-0.39, 0.29) is 11.7 Å². The lowest BCUT2D eigenvalue weighted by atomic mass is 9.99. The summed E-state index contributed by atoms with van der Waals surface area (Å²) < 4.78 is 0. The van der Waals surface area contributed by atoms with E-state index < -0.39 is 0 Å². The molecule has 1 aliphatic rings. The van der Waals surface area contributed by atoms with Crippen LogP contribution in [-0.4, -0.2) is 5.78 Å². The lowest BCUT2D eigenvalue weighted by Gasteiger charge is -2.05. The predicted octanol–water partition coefficient (Wildman–Crippen LogP) is 3.83. The minimum Gasteiger partial charge on any atom is -0.294 e. The number of allylic oxidation sites excluding steroid dienone is 2. The van der Waals surface area contributed by atoms with Gasteiger partial charge in [0.05, 0.1) is 0 Å². The molecule has 88 valence electrons. The molecular formula is C17H14O. The van der Waals surface area contributed by atoms with Crippen molar-refractivity contribution in [1.82, 2.24) is 0 Å².